The largest absolute Gasteiger partial charge is 0.412 e. The molecular weight excluding hydrogens is 332 g/mol. The van der Waals surface area contributed by atoms with E-state index in [4.69, 9.17) is 8.85 Å². The van der Waals surface area contributed by atoms with Crippen LogP contribution in [0.5, 0.6) is 0 Å². The summed E-state index contributed by atoms with van der Waals surface area (Å²) in [7, 11) is -5.67. The molecule has 0 amide bonds. The van der Waals surface area contributed by atoms with Crippen molar-refractivity contribution in [2.24, 2.45) is 0 Å². The van der Waals surface area contributed by atoms with Crippen LogP contribution >= 0.6 is 0 Å². The average molecular weight is 373 g/mol. The van der Waals surface area contributed by atoms with E-state index in [-0.39, 0.29) is 10.4 Å². The molecule has 0 aliphatic rings. The lowest BCUT2D eigenvalue weighted by Crippen LogP contribution is -2.66. The highest BCUT2D eigenvalue weighted by Crippen LogP contribution is 2.39. The van der Waals surface area contributed by atoms with Crippen molar-refractivity contribution in [1.29, 1.82) is 0 Å². The Labute approximate surface area is 148 Å². The van der Waals surface area contributed by atoms with Crippen molar-refractivity contribution in [2.45, 2.75) is 90.3 Å². The summed E-state index contributed by atoms with van der Waals surface area (Å²) in [5.41, 5.74) is 4.18. The molecule has 0 fully saturated rings. The van der Waals surface area contributed by atoms with Gasteiger partial charge in [-0.2, -0.15) is 0 Å². The molecule has 0 aromatic rings. The quantitative estimate of drug-likeness (QED) is 0.437. The van der Waals surface area contributed by atoms with E-state index in [1.165, 1.54) is 0 Å². The van der Waals surface area contributed by atoms with Crippen molar-refractivity contribution in [1.82, 2.24) is 0 Å². The van der Waals surface area contributed by atoms with Gasteiger partial charge in [-0.25, -0.2) is 0 Å². The molecule has 0 N–H and O–H groups in total. The maximum atomic E-state index is 6.97. The molecule has 2 nitrogen and oxygen atoms in total. The Morgan fingerprint density at radius 3 is 1.52 bits per heavy atom. The van der Waals surface area contributed by atoms with Crippen molar-refractivity contribution in [3.8, 4) is 0 Å². The first-order valence-electron chi connectivity index (χ1n) is 8.83. The maximum Gasteiger partial charge on any atom is 0.216 e. The van der Waals surface area contributed by atoms with Gasteiger partial charge in [-0.3, -0.25) is 0 Å². The molecule has 0 aromatic carbocycles. The lowest BCUT2D eigenvalue weighted by Gasteiger charge is -2.52. The summed E-state index contributed by atoms with van der Waals surface area (Å²) in [6.45, 7) is 30.8. The summed E-state index contributed by atoms with van der Waals surface area (Å²) < 4.78 is 13.6. The van der Waals surface area contributed by atoms with Crippen molar-refractivity contribution >= 4 is 24.7 Å². The van der Waals surface area contributed by atoms with Gasteiger partial charge in [0.2, 0.25) is 16.6 Å². The summed E-state index contributed by atoms with van der Waals surface area (Å²) in [6, 6.07) is 0. The molecule has 0 rings (SSSR count). The van der Waals surface area contributed by atoms with E-state index in [9.17, 15) is 0 Å². The van der Waals surface area contributed by atoms with Gasteiger partial charge in [-0.15, -0.1) is 13.2 Å². The predicted octanol–water partition coefficient (Wildman–Crippen LogP) is 6.00. The smallest absolute Gasteiger partial charge is 0.216 e. The van der Waals surface area contributed by atoms with Gasteiger partial charge in [0, 0.05) is 5.22 Å². The summed E-state index contributed by atoms with van der Waals surface area (Å²) in [5.74, 6) is 0. The molecule has 2 atom stereocenters. The van der Waals surface area contributed by atoms with Crippen molar-refractivity contribution < 1.29 is 8.85 Å². The van der Waals surface area contributed by atoms with Crippen LogP contribution in [0.3, 0.4) is 0 Å². The molecule has 0 saturated carbocycles. The first kappa shape index (κ1) is 23.1. The Hall–Kier alpha value is 0.0506. The molecule has 0 heterocycles. The number of hydrogen-bond acceptors (Lipinski definition) is 2. The van der Waals surface area contributed by atoms with E-state index in [0.29, 0.717) is 0 Å². The van der Waals surface area contributed by atoms with E-state index in [2.05, 4.69) is 85.8 Å². The second kappa shape index (κ2) is 7.52. The van der Waals surface area contributed by atoms with E-state index >= 15 is 0 Å². The minimum Gasteiger partial charge on any atom is -0.412 e. The average Bonchev–Trinajstić information content (AvgIpc) is 2.45. The third-order valence-electron chi connectivity index (χ3n) is 5.96. The zero-order chi connectivity index (χ0) is 18.7. The second-order valence-corrected chi connectivity index (χ2v) is 21.6. The number of rotatable bonds is 10. The number of hydrogen-bond donors (Lipinski definition) is 0. The molecule has 2 unspecified atom stereocenters. The molecule has 0 aliphatic heterocycles. The first-order chi connectivity index (χ1) is 10.2. The monoisotopic (exact) mass is 372 g/mol. The highest BCUT2D eigenvalue weighted by atomic mass is 28.4. The van der Waals surface area contributed by atoms with Crippen molar-refractivity contribution in [3.05, 3.63) is 24.6 Å². The molecule has 23 heavy (non-hydrogen) atoms. The Morgan fingerprint density at radius 1 is 0.783 bits per heavy atom. The van der Waals surface area contributed by atoms with Gasteiger partial charge in [0.05, 0.1) is 5.22 Å². The Balaban J connectivity index is 5.74. The fourth-order valence-corrected chi connectivity index (χ4v) is 11.4. The summed E-state index contributed by atoms with van der Waals surface area (Å²) >= 11 is 0. The van der Waals surface area contributed by atoms with Gasteiger partial charge in [-0.05, 0) is 52.9 Å². The zero-order valence-electron chi connectivity index (χ0n) is 17.3. The Morgan fingerprint density at radius 2 is 1.22 bits per heavy atom. The lowest BCUT2D eigenvalue weighted by molar-refractivity contribution is 0.0781. The molecule has 5 heteroatoms. The minimum atomic E-state index is -2.11. The van der Waals surface area contributed by atoms with Gasteiger partial charge < -0.3 is 8.85 Å². The molecule has 0 aliphatic carbocycles. The molecule has 0 aromatic heterocycles. The van der Waals surface area contributed by atoms with Crippen LogP contribution in [0.15, 0.2) is 24.6 Å². The molecule has 0 saturated heterocycles. The Bertz CT molecular complexity index is 432. The topological polar surface area (TPSA) is 18.5 Å². The van der Waals surface area contributed by atoms with Crippen LogP contribution in [0.1, 0.15) is 40.5 Å². The van der Waals surface area contributed by atoms with Crippen molar-refractivity contribution in [2.75, 3.05) is 0 Å². The molecular formula is C18H40O2Si3. The molecule has 0 bridgehead atoms. The summed E-state index contributed by atoms with van der Waals surface area (Å²) in [4.78, 5) is 0. The predicted molar refractivity (Wildman–Crippen MR) is 112 cm³/mol. The van der Waals surface area contributed by atoms with Gasteiger partial charge >= 0.3 is 0 Å². The third kappa shape index (κ3) is 5.01. The van der Waals surface area contributed by atoms with Crippen LogP contribution < -0.4 is 0 Å². The minimum absolute atomic E-state index is 0.107. The van der Waals surface area contributed by atoms with E-state index in [0.717, 1.165) is 12.8 Å². The summed E-state index contributed by atoms with van der Waals surface area (Å²) in [6.07, 6.45) is 1.98. The second-order valence-electron chi connectivity index (χ2n) is 8.62. The van der Waals surface area contributed by atoms with Crippen LogP contribution in [-0.4, -0.2) is 35.2 Å². The summed E-state index contributed by atoms with van der Waals surface area (Å²) in [5, 5.41) is -0.316. The fourth-order valence-electron chi connectivity index (χ4n) is 2.79. The van der Waals surface area contributed by atoms with Crippen LogP contribution in [0.4, 0.5) is 0 Å². The molecule has 136 valence electrons. The van der Waals surface area contributed by atoms with E-state index in [1.54, 1.807) is 0 Å². The van der Waals surface area contributed by atoms with Crippen molar-refractivity contribution in [3.63, 3.8) is 0 Å². The van der Waals surface area contributed by atoms with Gasteiger partial charge in [-0.1, -0.05) is 38.3 Å². The van der Waals surface area contributed by atoms with Crippen LogP contribution in [0, 0.1) is 0 Å². The third-order valence-corrected chi connectivity index (χ3v) is 16.5. The lowest BCUT2D eigenvalue weighted by atomic mass is 10.3. The van der Waals surface area contributed by atoms with Gasteiger partial charge in [0.1, 0.15) is 8.07 Å². The fraction of sp³-hybridized carbons (Fsp3) is 0.778. The molecule has 0 radical (unpaired) electrons. The van der Waals surface area contributed by atoms with Gasteiger partial charge in [0.25, 0.3) is 0 Å². The van der Waals surface area contributed by atoms with E-state index < -0.39 is 24.7 Å². The highest BCUT2D eigenvalue weighted by molar-refractivity contribution is 6.86. The Kier molecular flexibility index (Phi) is 7.53. The zero-order valence-corrected chi connectivity index (χ0v) is 20.3. The highest BCUT2D eigenvalue weighted by Gasteiger charge is 2.53. The van der Waals surface area contributed by atoms with Crippen LogP contribution in [0.25, 0.3) is 0 Å². The maximum absolute atomic E-state index is 6.97. The standard InChI is InChI=1S/C18H40O2Si3/c1-13-17(5,21(7,8)15-3)20-23(11,12)18(6,14-2)19-22(9,10)16-4/h15-16H,3-4,13-14H2,1-2,5-12H3. The SMILES string of the molecule is C=C[Si](C)(C)OC(C)(CC)[Si](C)(C)OC(C)(CC)[Si](C)(C)C=C. The van der Waals surface area contributed by atoms with Crippen LogP contribution in [-0.2, 0) is 8.85 Å². The van der Waals surface area contributed by atoms with Gasteiger partial charge in [0.15, 0.2) is 0 Å². The van der Waals surface area contributed by atoms with E-state index in [1.807, 2.05) is 5.70 Å². The molecule has 0 spiro atoms. The normalized spacial score (nSPS) is 18.9. The first-order valence-corrected chi connectivity index (χ1v) is 17.8. The van der Waals surface area contributed by atoms with Crippen LogP contribution in [0.2, 0.25) is 39.3 Å².